The van der Waals surface area contributed by atoms with E-state index < -0.39 is 11.2 Å². The Morgan fingerprint density at radius 1 is 0.933 bits per heavy atom. The molecule has 2 N–H and O–H groups in total. The van der Waals surface area contributed by atoms with Crippen LogP contribution in [0.2, 0.25) is 0 Å². The molecule has 2 saturated carbocycles. The normalized spacial score (nSPS) is 63.2. The standard InChI is InChI=1S/C12H20O2S/c1-11(13)7-3-4-8-6-9(11)15-10(5-7)12(8,2)14/h7-10,13-14H,3-6H2,1-2H3/t7-,8-,9?,10?,11-,12+/m0/s1. The lowest BCUT2D eigenvalue weighted by Crippen LogP contribution is -2.58. The highest BCUT2D eigenvalue weighted by Gasteiger charge is 2.59. The summed E-state index contributed by atoms with van der Waals surface area (Å²) >= 11 is 1.83. The summed E-state index contributed by atoms with van der Waals surface area (Å²) in [4.78, 5) is 0. The van der Waals surface area contributed by atoms with Gasteiger partial charge in [-0.25, -0.2) is 0 Å². The van der Waals surface area contributed by atoms with E-state index in [9.17, 15) is 10.2 Å². The van der Waals surface area contributed by atoms with Gasteiger partial charge in [0.2, 0.25) is 0 Å². The first-order chi connectivity index (χ1) is 6.92. The van der Waals surface area contributed by atoms with Gasteiger partial charge < -0.3 is 10.2 Å². The van der Waals surface area contributed by atoms with Gasteiger partial charge in [-0.05, 0) is 51.4 Å². The van der Waals surface area contributed by atoms with Crippen molar-refractivity contribution < 1.29 is 10.2 Å². The molecule has 4 bridgehead atoms. The van der Waals surface area contributed by atoms with Crippen molar-refractivity contribution in [1.82, 2.24) is 0 Å². The Labute approximate surface area is 95.4 Å². The van der Waals surface area contributed by atoms with Crippen molar-refractivity contribution >= 4 is 11.8 Å². The molecule has 4 fully saturated rings. The fraction of sp³-hybridized carbons (Fsp3) is 1.00. The number of hydrogen-bond acceptors (Lipinski definition) is 3. The van der Waals surface area contributed by atoms with Crippen molar-refractivity contribution in [2.24, 2.45) is 11.8 Å². The summed E-state index contributed by atoms with van der Waals surface area (Å²) in [6.45, 7) is 4.02. The number of fused-ring (bicyclic) bond motifs is 1. The molecule has 4 aliphatic rings. The molecule has 0 radical (unpaired) electrons. The lowest BCUT2D eigenvalue weighted by molar-refractivity contribution is -0.0574. The van der Waals surface area contributed by atoms with Gasteiger partial charge in [0.25, 0.3) is 0 Å². The van der Waals surface area contributed by atoms with Gasteiger partial charge in [0, 0.05) is 10.5 Å². The highest BCUT2D eigenvalue weighted by atomic mass is 32.2. The summed E-state index contributed by atoms with van der Waals surface area (Å²) in [7, 11) is 0. The molecule has 0 aromatic rings. The number of hydrogen-bond donors (Lipinski definition) is 2. The van der Waals surface area contributed by atoms with Crippen LogP contribution in [0.1, 0.15) is 39.5 Å². The van der Waals surface area contributed by atoms with Crippen molar-refractivity contribution in [1.29, 1.82) is 0 Å². The van der Waals surface area contributed by atoms with Crippen LogP contribution in [-0.4, -0.2) is 31.9 Å². The summed E-state index contributed by atoms with van der Waals surface area (Å²) in [5.74, 6) is 0.820. The Morgan fingerprint density at radius 3 is 1.73 bits per heavy atom. The summed E-state index contributed by atoms with van der Waals surface area (Å²) < 4.78 is 0. The second kappa shape index (κ2) is 2.93. The Balaban J connectivity index is 2.01. The van der Waals surface area contributed by atoms with Gasteiger partial charge in [0.15, 0.2) is 0 Å². The molecule has 0 amide bonds. The van der Waals surface area contributed by atoms with Crippen LogP contribution in [0.4, 0.5) is 0 Å². The quantitative estimate of drug-likeness (QED) is 0.664. The van der Waals surface area contributed by atoms with Crippen LogP contribution in [0, 0.1) is 11.8 Å². The number of aliphatic hydroxyl groups is 2. The second-order valence-corrected chi connectivity index (χ2v) is 7.42. The molecule has 2 saturated heterocycles. The third-order valence-corrected chi connectivity index (χ3v) is 7.14. The number of thioether (sulfide) groups is 1. The van der Waals surface area contributed by atoms with Crippen LogP contribution < -0.4 is 0 Å². The molecule has 2 nitrogen and oxygen atoms in total. The van der Waals surface area contributed by atoms with Crippen LogP contribution >= 0.6 is 11.8 Å². The van der Waals surface area contributed by atoms with Gasteiger partial charge >= 0.3 is 0 Å². The lowest BCUT2D eigenvalue weighted by atomic mass is 9.74. The molecular formula is C12H20O2S. The smallest absolute Gasteiger partial charge is 0.0766 e. The predicted octanol–water partition coefficient (Wildman–Crippen LogP) is 1.79. The molecular weight excluding hydrogens is 208 g/mol. The summed E-state index contributed by atoms with van der Waals surface area (Å²) in [5.41, 5.74) is -0.987. The van der Waals surface area contributed by atoms with Gasteiger partial charge in [-0.15, -0.1) is 11.8 Å². The van der Waals surface area contributed by atoms with E-state index in [0.29, 0.717) is 22.3 Å². The first kappa shape index (κ1) is 10.4. The fourth-order valence-electron chi connectivity index (χ4n) is 3.80. The maximum absolute atomic E-state index is 10.5. The van der Waals surface area contributed by atoms with Crippen molar-refractivity contribution in [3.05, 3.63) is 0 Å². The topological polar surface area (TPSA) is 40.5 Å². The van der Waals surface area contributed by atoms with Gasteiger partial charge in [-0.3, -0.25) is 0 Å². The highest BCUT2D eigenvalue weighted by molar-refractivity contribution is 8.00. The van der Waals surface area contributed by atoms with E-state index in [4.69, 9.17) is 0 Å². The Morgan fingerprint density at radius 2 is 1.33 bits per heavy atom. The van der Waals surface area contributed by atoms with E-state index in [1.54, 1.807) is 0 Å². The first-order valence-corrected chi connectivity index (χ1v) is 6.97. The van der Waals surface area contributed by atoms with E-state index in [2.05, 4.69) is 0 Å². The second-order valence-electron chi connectivity index (χ2n) is 6.01. The first-order valence-electron chi connectivity index (χ1n) is 6.02. The molecule has 0 aromatic carbocycles. The van der Waals surface area contributed by atoms with E-state index in [-0.39, 0.29) is 0 Å². The molecule has 6 atom stereocenters. The van der Waals surface area contributed by atoms with Gasteiger partial charge in [0.05, 0.1) is 11.2 Å². The van der Waals surface area contributed by atoms with Crippen LogP contribution in [0.25, 0.3) is 0 Å². The van der Waals surface area contributed by atoms with Crippen LogP contribution in [0.15, 0.2) is 0 Å². The van der Waals surface area contributed by atoms with E-state index in [1.165, 1.54) is 0 Å². The zero-order chi connectivity index (χ0) is 10.8. The summed E-state index contributed by atoms with van der Waals surface area (Å²) in [5, 5.41) is 21.8. The van der Waals surface area contributed by atoms with Crippen molar-refractivity contribution in [2.75, 3.05) is 0 Å². The Kier molecular flexibility index (Phi) is 2.04. The maximum Gasteiger partial charge on any atom is 0.0766 e. The Bertz CT molecular complexity index is 247. The van der Waals surface area contributed by atoms with Crippen molar-refractivity contribution in [3.63, 3.8) is 0 Å². The molecule has 4 rings (SSSR count). The minimum Gasteiger partial charge on any atom is -0.389 e. The largest absolute Gasteiger partial charge is 0.389 e. The highest BCUT2D eigenvalue weighted by Crippen LogP contribution is 2.59. The average Bonchev–Trinajstić information content (AvgIpc) is 2.30. The van der Waals surface area contributed by atoms with Crippen molar-refractivity contribution in [2.45, 2.75) is 61.2 Å². The SMILES string of the molecule is C[C@]1(O)C2C[C@@H]3CC[C@H]1CC(S2)[C@@]3(C)O. The van der Waals surface area contributed by atoms with Gasteiger partial charge in [0.1, 0.15) is 0 Å². The average molecular weight is 228 g/mol. The third-order valence-electron chi connectivity index (χ3n) is 5.15. The molecule has 86 valence electrons. The summed E-state index contributed by atoms with van der Waals surface area (Å²) in [6.07, 6.45) is 4.19. The van der Waals surface area contributed by atoms with E-state index >= 15 is 0 Å². The monoisotopic (exact) mass is 228 g/mol. The third kappa shape index (κ3) is 1.26. The van der Waals surface area contributed by atoms with E-state index in [0.717, 1.165) is 25.7 Å². The van der Waals surface area contributed by atoms with Crippen LogP contribution in [0.3, 0.4) is 0 Å². The van der Waals surface area contributed by atoms with Gasteiger partial charge in [-0.2, -0.15) is 0 Å². The predicted molar refractivity (Wildman–Crippen MR) is 61.9 cm³/mol. The molecule has 2 unspecified atom stereocenters. The minimum atomic E-state index is -0.494. The molecule has 0 aromatic heterocycles. The molecule has 15 heavy (non-hydrogen) atoms. The fourth-order valence-corrected chi connectivity index (χ4v) is 5.82. The van der Waals surface area contributed by atoms with Crippen molar-refractivity contribution in [3.8, 4) is 0 Å². The molecule has 2 aliphatic carbocycles. The number of rotatable bonds is 0. The molecule has 0 spiro atoms. The zero-order valence-corrected chi connectivity index (χ0v) is 10.3. The van der Waals surface area contributed by atoms with Gasteiger partial charge in [-0.1, -0.05) is 0 Å². The Hall–Kier alpha value is 0.270. The molecule has 3 heteroatoms. The van der Waals surface area contributed by atoms with E-state index in [1.807, 2.05) is 25.6 Å². The maximum atomic E-state index is 10.5. The zero-order valence-electron chi connectivity index (χ0n) is 9.44. The van der Waals surface area contributed by atoms with Crippen LogP contribution in [-0.2, 0) is 0 Å². The lowest BCUT2D eigenvalue weighted by Gasteiger charge is -2.53. The molecule has 2 heterocycles. The minimum absolute atomic E-state index is 0.356. The molecule has 2 aliphatic heterocycles. The summed E-state index contributed by atoms with van der Waals surface area (Å²) in [6, 6.07) is 0. The van der Waals surface area contributed by atoms with Crippen LogP contribution in [0.5, 0.6) is 0 Å².